The minimum absolute atomic E-state index is 0.939. The smallest absolute Gasteiger partial charge is 0.216 e. The second kappa shape index (κ2) is 5.43. The highest BCUT2D eigenvalue weighted by atomic mass is 16.3. The lowest BCUT2D eigenvalue weighted by atomic mass is 9.93. The molecule has 0 saturated carbocycles. The molecule has 0 N–H and O–H groups in total. The topological polar surface area (TPSA) is 17.0 Å². The molecule has 2 aromatic heterocycles. The van der Waals surface area contributed by atoms with Gasteiger partial charge in [-0.2, -0.15) is 0 Å². The molecule has 0 unspecified atom stereocenters. The number of aryl methyl sites for hydroxylation is 3. The molecule has 26 heavy (non-hydrogen) atoms. The van der Waals surface area contributed by atoms with Crippen molar-refractivity contribution < 1.29 is 8.98 Å². The van der Waals surface area contributed by atoms with Crippen molar-refractivity contribution in [2.45, 2.75) is 13.8 Å². The van der Waals surface area contributed by atoms with Gasteiger partial charge in [0.05, 0.1) is 5.56 Å². The van der Waals surface area contributed by atoms with Crippen molar-refractivity contribution in [1.82, 2.24) is 0 Å². The maximum Gasteiger partial charge on any atom is 0.216 e. The zero-order valence-corrected chi connectivity index (χ0v) is 15.2. The van der Waals surface area contributed by atoms with Gasteiger partial charge >= 0.3 is 0 Å². The Morgan fingerprint density at radius 3 is 2.23 bits per heavy atom. The second-order valence-corrected chi connectivity index (χ2v) is 7.05. The van der Waals surface area contributed by atoms with Gasteiger partial charge in [-0.25, -0.2) is 4.57 Å². The monoisotopic (exact) mass is 338 g/mol. The van der Waals surface area contributed by atoms with E-state index in [1.54, 1.807) is 0 Å². The third-order valence-electron chi connectivity index (χ3n) is 5.34. The molecule has 0 radical (unpaired) electrons. The Morgan fingerprint density at radius 2 is 1.46 bits per heavy atom. The average Bonchev–Trinajstić information content (AvgIpc) is 3.03. The van der Waals surface area contributed by atoms with Gasteiger partial charge in [-0.3, -0.25) is 0 Å². The summed E-state index contributed by atoms with van der Waals surface area (Å²) in [5.74, 6) is 0. The molecule has 5 aromatic rings. The van der Waals surface area contributed by atoms with Crippen molar-refractivity contribution in [2.75, 3.05) is 0 Å². The van der Waals surface area contributed by atoms with Crippen LogP contribution in [0.1, 0.15) is 11.1 Å². The normalized spacial score (nSPS) is 11.7. The summed E-state index contributed by atoms with van der Waals surface area (Å²) in [6.07, 6.45) is 2.17. The summed E-state index contributed by atoms with van der Waals surface area (Å²) in [6.45, 7) is 4.32. The Labute approximate surface area is 152 Å². The zero-order chi connectivity index (χ0) is 17.8. The number of nitrogens with zero attached hydrogens (tertiary/aromatic N) is 1. The molecule has 2 nitrogen and oxygen atoms in total. The minimum atomic E-state index is 0.939. The largest absolute Gasteiger partial charge is 0.455 e. The van der Waals surface area contributed by atoms with E-state index in [2.05, 4.69) is 86.3 Å². The lowest BCUT2D eigenvalue weighted by Gasteiger charge is -2.10. The molecule has 0 atom stereocenters. The fourth-order valence-corrected chi connectivity index (χ4v) is 4.14. The molecule has 5 rings (SSSR count). The molecule has 3 aromatic carbocycles. The Morgan fingerprint density at radius 1 is 0.769 bits per heavy atom. The van der Waals surface area contributed by atoms with Crippen LogP contribution in [-0.2, 0) is 7.05 Å². The van der Waals surface area contributed by atoms with Crippen molar-refractivity contribution in [3.63, 3.8) is 0 Å². The number of hydrogen-bond acceptors (Lipinski definition) is 1. The van der Waals surface area contributed by atoms with Crippen molar-refractivity contribution in [3.8, 4) is 11.3 Å². The van der Waals surface area contributed by atoms with E-state index in [1.165, 1.54) is 43.9 Å². The third kappa shape index (κ3) is 2.02. The first-order valence-corrected chi connectivity index (χ1v) is 8.94. The zero-order valence-electron chi connectivity index (χ0n) is 15.2. The number of furan rings is 1. The minimum Gasteiger partial charge on any atom is -0.455 e. The van der Waals surface area contributed by atoms with Gasteiger partial charge in [0.15, 0.2) is 6.20 Å². The van der Waals surface area contributed by atoms with E-state index < -0.39 is 0 Å². The predicted molar refractivity (Wildman–Crippen MR) is 107 cm³/mol. The van der Waals surface area contributed by atoms with Gasteiger partial charge in [-0.1, -0.05) is 42.5 Å². The van der Waals surface area contributed by atoms with Gasteiger partial charge in [0, 0.05) is 22.4 Å². The van der Waals surface area contributed by atoms with Crippen LogP contribution in [0.2, 0.25) is 0 Å². The van der Waals surface area contributed by atoms with Crippen molar-refractivity contribution >= 4 is 32.7 Å². The van der Waals surface area contributed by atoms with Crippen molar-refractivity contribution in [3.05, 3.63) is 78.0 Å². The SMILES string of the molecule is Cc1ccc(-c2c(C)c3ccccc3c3c2oc2ccccc23)[n+](C)c1. The van der Waals surface area contributed by atoms with Crippen LogP contribution in [0.4, 0.5) is 0 Å². The lowest BCUT2D eigenvalue weighted by Crippen LogP contribution is -2.31. The van der Waals surface area contributed by atoms with Crippen molar-refractivity contribution in [1.29, 1.82) is 0 Å². The highest BCUT2D eigenvalue weighted by molar-refractivity contribution is 6.23. The summed E-state index contributed by atoms with van der Waals surface area (Å²) in [5, 5.41) is 4.91. The van der Waals surface area contributed by atoms with Crippen LogP contribution in [0.25, 0.3) is 44.0 Å². The summed E-state index contributed by atoms with van der Waals surface area (Å²) >= 11 is 0. The summed E-state index contributed by atoms with van der Waals surface area (Å²) < 4.78 is 8.59. The van der Waals surface area contributed by atoms with Crippen LogP contribution in [0.15, 0.2) is 71.3 Å². The van der Waals surface area contributed by atoms with E-state index in [-0.39, 0.29) is 0 Å². The van der Waals surface area contributed by atoms with Gasteiger partial charge in [0.25, 0.3) is 0 Å². The Balaban J connectivity index is 2.07. The fraction of sp³-hybridized carbons (Fsp3) is 0.125. The molecule has 0 aliphatic rings. The van der Waals surface area contributed by atoms with Crippen LogP contribution >= 0.6 is 0 Å². The maximum absolute atomic E-state index is 6.40. The summed E-state index contributed by atoms with van der Waals surface area (Å²) in [5.41, 5.74) is 6.76. The Kier molecular flexibility index (Phi) is 3.17. The third-order valence-corrected chi connectivity index (χ3v) is 5.34. The number of benzene rings is 3. The fourth-order valence-electron chi connectivity index (χ4n) is 4.14. The van der Waals surface area contributed by atoms with Crippen molar-refractivity contribution in [2.24, 2.45) is 7.05 Å². The first-order valence-electron chi connectivity index (χ1n) is 8.94. The molecule has 0 aliphatic heterocycles. The number of hydrogen-bond donors (Lipinski definition) is 0. The predicted octanol–water partition coefficient (Wildman–Crippen LogP) is 5.85. The molecule has 0 amide bonds. The molecule has 0 spiro atoms. The highest BCUT2D eigenvalue weighted by Gasteiger charge is 2.23. The van der Waals surface area contributed by atoms with E-state index >= 15 is 0 Å². The van der Waals surface area contributed by atoms with E-state index in [4.69, 9.17) is 4.42 Å². The van der Waals surface area contributed by atoms with Crippen LogP contribution < -0.4 is 4.57 Å². The maximum atomic E-state index is 6.40. The van der Waals surface area contributed by atoms with E-state index in [1.807, 2.05) is 6.07 Å². The van der Waals surface area contributed by atoms with Crippen LogP contribution in [0, 0.1) is 13.8 Å². The molecular weight excluding hydrogens is 318 g/mol. The first-order chi connectivity index (χ1) is 12.6. The molecule has 0 aliphatic carbocycles. The molecule has 0 bridgehead atoms. The van der Waals surface area contributed by atoms with Crippen LogP contribution in [-0.4, -0.2) is 0 Å². The molecular formula is C24H20NO+. The first kappa shape index (κ1) is 15.2. The molecule has 126 valence electrons. The van der Waals surface area contributed by atoms with Gasteiger partial charge in [-0.05, 0) is 42.3 Å². The van der Waals surface area contributed by atoms with Gasteiger partial charge in [-0.15, -0.1) is 0 Å². The molecule has 2 heterocycles. The Hall–Kier alpha value is -3.13. The summed E-state index contributed by atoms with van der Waals surface area (Å²) in [4.78, 5) is 0. The van der Waals surface area contributed by atoms with E-state index in [0.29, 0.717) is 0 Å². The number of fused-ring (bicyclic) bond motifs is 5. The summed E-state index contributed by atoms with van der Waals surface area (Å²) in [7, 11) is 2.10. The van der Waals surface area contributed by atoms with E-state index in [0.717, 1.165) is 11.2 Å². The standard InChI is InChI=1S/C24H20NO/c1-15-12-13-20(25(3)14-15)22-16(2)17-8-4-5-9-18(17)23-19-10-6-7-11-21(19)26-24(22)23/h4-14H,1-3H3/q+1. The number of pyridine rings is 1. The number of aromatic nitrogens is 1. The van der Waals surface area contributed by atoms with Gasteiger partial charge in [0.2, 0.25) is 5.69 Å². The van der Waals surface area contributed by atoms with Crippen LogP contribution in [0.5, 0.6) is 0 Å². The lowest BCUT2D eigenvalue weighted by molar-refractivity contribution is -0.660. The number of rotatable bonds is 1. The molecule has 2 heteroatoms. The molecule has 0 fully saturated rings. The highest BCUT2D eigenvalue weighted by Crippen LogP contribution is 2.42. The molecule has 0 saturated heterocycles. The quantitative estimate of drug-likeness (QED) is 0.351. The van der Waals surface area contributed by atoms with Gasteiger partial charge < -0.3 is 4.42 Å². The van der Waals surface area contributed by atoms with Crippen LogP contribution in [0.3, 0.4) is 0 Å². The summed E-state index contributed by atoms with van der Waals surface area (Å²) in [6, 6.07) is 21.3. The Bertz CT molecular complexity index is 1310. The van der Waals surface area contributed by atoms with E-state index in [9.17, 15) is 0 Å². The average molecular weight is 338 g/mol. The second-order valence-electron chi connectivity index (χ2n) is 7.05. The van der Waals surface area contributed by atoms with Gasteiger partial charge in [0.1, 0.15) is 18.2 Å². The number of para-hydroxylation sites is 1.